The van der Waals surface area contributed by atoms with Crippen LogP contribution in [-0.4, -0.2) is 23.5 Å². The number of ketones is 1. The normalized spacial score (nSPS) is 13.9. The van der Waals surface area contributed by atoms with Crippen LogP contribution in [0, 0.1) is 11.7 Å². The Labute approximate surface area is 151 Å². The summed E-state index contributed by atoms with van der Waals surface area (Å²) in [6.07, 6.45) is 2.33. The first-order valence-corrected chi connectivity index (χ1v) is 8.92. The van der Waals surface area contributed by atoms with Gasteiger partial charge in [0.05, 0.1) is 6.61 Å². The Kier molecular flexibility index (Phi) is 5.20. The van der Waals surface area contributed by atoms with Gasteiger partial charge in [0.1, 0.15) is 11.4 Å². The van der Waals surface area contributed by atoms with Crippen molar-refractivity contribution < 1.29 is 23.2 Å². The van der Waals surface area contributed by atoms with Gasteiger partial charge in [-0.15, -0.1) is 0 Å². The summed E-state index contributed by atoms with van der Waals surface area (Å²) in [5.41, 5.74) is 1.04. The number of halogens is 1. The molecule has 3 rings (SSSR count). The molecule has 0 spiro atoms. The van der Waals surface area contributed by atoms with E-state index in [4.69, 9.17) is 9.26 Å². The minimum absolute atomic E-state index is 0.0959. The Hall–Kier alpha value is -2.50. The molecule has 1 aliphatic carbocycles. The number of carbonyl (C=O) groups excluding carboxylic acids is 2. The summed E-state index contributed by atoms with van der Waals surface area (Å²) in [6.45, 7) is 5.85. The van der Waals surface area contributed by atoms with E-state index in [0.29, 0.717) is 23.3 Å². The number of esters is 1. The van der Waals surface area contributed by atoms with Gasteiger partial charge in [0.2, 0.25) is 5.69 Å². The van der Waals surface area contributed by atoms with Crippen LogP contribution in [-0.2, 0) is 11.2 Å². The van der Waals surface area contributed by atoms with Crippen LogP contribution in [0.5, 0.6) is 0 Å². The highest BCUT2D eigenvalue weighted by molar-refractivity contribution is 6.15. The second kappa shape index (κ2) is 7.40. The summed E-state index contributed by atoms with van der Waals surface area (Å²) < 4.78 is 24.0. The molecular formula is C20H22FNO4. The predicted octanol–water partition coefficient (Wildman–Crippen LogP) is 4.30. The average molecular weight is 359 g/mol. The highest BCUT2D eigenvalue weighted by Gasteiger charge is 2.38. The zero-order chi connectivity index (χ0) is 18.8. The zero-order valence-corrected chi connectivity index (χ0v) is 15.2. The molecule has 0 saturated heterocycles. The van der Waals surface area contributed by atoms with Crippen molar-refractivity contribution in [1.82, 2.24) is 5.16 Å². The zero-order valence-electron chi connectivity index (χ0n) is 15.2. The molecule has 6 heteroatoms. The van der Waals surface area contributed by atoms with Crippen molar-refractivity contribution in [3.63, 3.8) is 0 Å². The third-order valence-electron chi connectivity index (χ3n) is 4.30. The minimum atomic E-state index is -0.681. The van der Waals surface area contributed by atoms with E-state index in [1.165, 1.54) is 18.2 Å². The summed E-state index contributed by atoms with van der Waals surface area (Å²) in [6, 6.07) is 4.10. The Bertz CT molecular complexity index is 836. The number of aromatic nitrogens is 1. The molecule has 0 radical (unpaired) electrons. The molecule has 1 aromatic carbocycles. The topological polar surface area (TPSA) is 69.4 Å². The largest absolute Gasteiger partial charge is 0.461 e. The first-order chi connectivity index (χ1) is 12.4. The maximum absolute atomic E-state index is 13.7. The van der Waals surface area contributed by atoms with Gasteiger partial charge in [-0.2, -0.15) is 0 Å². The van der Waals surface area contributed by atoms with Gasteiger partial charge in [-0.3, -0.25) is 4.79 Å². The van der Waals surface area contributed by atoms with Gasteiger partial charge in [0.15, 0.2) is 11.5 Å². The van der Waals surface area contributed by atoms with Crippen molar-refractivity contribution in [2.24, 2.45) is 5.92 Å². The molecule has 1 heterocycles. The monoisotopic (exact) mass is 359 g/mol. The van der Waals surface area contributed by atoms with Crippen LogP contribution in [0.15, 0.2) is 22.7 Å². The molecule has 0 N–H and O–H groups in total. The lowest BCUT2D eigenvalue weighted by molar-refractivity contribution is 0.0512. The average Bonchev–Trinajstić information content (AvgIpc) is 3.32. The maximum atomic E-state index is 13.7. The summed E-state index contributed by atoms with van der Waals surface area (Å²) in [5, 5.41) is 3.81. The highest BCUT2D eigenvalue weighted by Crippen LogP contribution is 2.43. The van der Waals surface area contributed by atoms with Crippen molar-refractivity contribution >= 4 is 11.8 Å². The second-order valence-corrected chi connectivity index (χ2v) is 6.99. The minimum Gasteiger partial charge on any atom is -0.461 e. The van der Waals surface area contributed by atoms with E-state index in [9.17, 15) is 14.0 Å². The number of benzene rings is 1. The molecule has 1 fully saturated rings. The van der Waals surface area contributed by atoms with E-state index in [0.717, 1.165) is 12.8 Å². The molecule has 0 amide bonds. The third kappa shape index (κ3) is 3.69. The second-order valence-electron chi connectivity index (χ2n) is 6.99. The molecule has 1 aromatic heterocycles. The number of rotatable bonds is 7. The molecule has 0 bridgehead atoms. The SMILES string of the molecule is CCOC(=O)c1noc(C2CC2)c1C(=O)c1ccc(F)cc1CC(C)C. The summed E-state index contributed by atoms with van der Waals surface area (Å²) >= 11 is 0. The van der Waals surface area contributed by atoms with E-state index in [1.807, 2.05) is 13.8 Å². The molecule has 0 aliphatic heterocycles. The molecule has 2 aromatic rings. The number of nitrogens with zero attached hydrogens (tertiary/aromatic N) is 1. The van der Waals surface area contributed by atoms with Crippen LogP contribution in [0.1, 0.15) is 77.3 Å². The fourth-order valence-corrected chi connectivity index (χ4v) is 3.01. The number of ether oxygens (including phenoxy) is 1. The number of hydrogen-bond donors (Lipinski definition) is 0. The van der Waals surface area contributed by atoms with Crippen LogP contribution in [0.2, 0.25) is 0 Å². The van der Waals surface area contributed by atoms with Gasteiger partial charge in [0.25, 0.3) is 0 Å². The smallest absolute Gasteiger partial charge is 0.361 e. The van der Waals surface area contributed by atoms with Gasteiger partial charge in [-0.1, -0.05) is 19.0 Å². The van der Waals surface area contributed by atoms with Crippen LogP contribution >= 0.6 is 0 Å². The fraction of sp³-hybridized carbons (Fsp3) is 0.450. The van der Waals surface area contributed by atoms with Crippen LogP contribution in [0.3, 0.4) is 0 Å². The molecular weight excluding hydrogens is 337 g/mol. The molecule has 5 nitrogen and oxygen atoms in total. The number of hydrogen-bond acceptors (Lipinski definition) is 5. The van der Waals surface area contributed by atoms with Crippen molar-refractivity contribution in [2.75, 3.05) is 6.61 Å². The standard InChI is InChI=1S/C20H22FNO4/c1-4-25-20(24)17-16(19(26-22-17)12-5-6-12)18(23)15-8-7-14(21)10-13(15)9-11(2)3/h7-8,10-12H,4-6,9H2,1-3H3. The highest BCUT2D eigenvalue weighted by atomic mass is 19.1. The summed E-state index contributed by atoms with van der Waals surface area (Å²) in [7, 11) is 0. The quantitative estimate of drug-likeness (QED) is 0.545. The van der Waals surface area contributed by atoms with Crippen molar-refractivity contribution in [1.29, 1.82) is 0 Å². The summed E-state index contributed by atoms with van der Waals surface area (Å²) in [4.78, 5) is 25.5. The Morgan fingerprint density at radius 3 is 2.69 bits per heavy atom. The van der Waals surface area contributed by atoms with E-state index in [-0.39, 0.29) is 35.5 Å². The van der Waals surface area contributed by atoms with E-state index < -0.39 is 11.8 Å². The summed E-state index contributed by atoms with van der Waals surface area (Å²) in [5.74, 6) is -0.670. The Balaban J connectivity index is 2.07. The first-order valence-electron chi connectivity index (χ1n) is 8.92. The number of carbonyl (C=O) groups is 2. The lowest BCUT2D eigenvalue weighted by Gasteiger charge is -2.11. The van der Waals surface area contributed by atoms with Crippen LogP contribution in [0.25, 0.3) is 0 Å². The molecule has 26 heavy (non-hydrogen) atoms. The van der Waals surface area contributed by atoms with E-state index in [1.54, 1.807) is 6.92 Å². The molecule has 0 unspecified atom stereocenters. The molecule has 1 aliphatic rings. The van der Waals surface area contributed by atoms with Gasteiger partial charge in [0, 0.05) is 11.5 Å². The predicted molar refractivity (Wildman–Crippen MR) is 92.8 cm³/mol. The van der Waals surface area contributed by atoms with E-state index in [2.05, 4.69) is 5.16 Å². The van der Waals surface area contributed by atoms with Gasteiger partial charge >= 0.3 is 5.97 Å². The lowest BCUT2D eigenvalue weighted by atomic mass is 9.91. The van der Waals surface area contributed by atoms with Gasteiger partial charge < -0.3 is 9.26 Å². The molecule has 138 valence electrons. The van der Waals surface area contributed by atoms with Crippen molar-refractivity contribution in [2.45, 2.75) is 46.0 Å². The third-order valence-corrected chi connectivity index (χ3v) is 4.30. The molecule has 1 saturated carbocycles. The van der Waals surface area contributed by atoms with Crippen LogP contribution in [0.4, 0.5) is 4.39 Å². The van der Waals surface area contributed by atoms with Crippen molar-refractivity contribution in [3.8, 4) is 0 Å². The van der Waals surface area contributed by atoms with Crippen molar-refractivity contribution in [3.05, 3.63) is 52.2 Å². The fourth-order valence-electron chi connectivity index (χ4n) is 3.01. The Morgan fingerprint density at radius 2 is 2.08 bits per heavy atom. The van der Waals surface area contributed by atoms with E-state index >= 15 is 0 Å². The Morgan fingerprint density at radius 1 is 1.35 bits per heavy atom. The molecule has 0 atom stereocenters. The maximum Gasteiger partial charge on any atom is 0.361 e. The lowest BCUT2D eigenvalue weighted by Crippen LogP contribution is -2.15. The van der Waals surface area contributed by atoms with Gasteiger partial charge in [-0.25, -0.2) is 9.18 Å². The first kappa shape index (κ1) is 18.3. The van der Waals surface area contributed by atoms with Crippen LogP contribution < -0.4 is 0 Å². The van der Waals surface area contributed by atoms with Gasteiger partial charge in [-0.05, 0) is 55.9 Å².